The third kappa shape index (κ3) is 5.54. The number of unbranched alkanes of at least 4 members (excludes halogenated alkanes) is 1. The predicted octanol–water partition coefficient (Wildman–Crippen LogP) is 4.72. The number of carbonyl (C=O) groups is 1. The number of hydrogen-bond acceptors (Lipinski definition) is 4. The summed E-state index contributed by atoms with van der Waals surface area (Å²) in [7, 11) is 1.72. The Morgan fingerprint density at radius 2 is 1.85 bits per heavy atom. The zero-order valence-corrected chi connectivity index (χ0v) is 20.5. The maximum absolute atomic E-state index is 13.3. The van der Waals surface area contributed by atoms with Crippen molar-refractivity contribution in [2.24, 2.45) is 17.6 Å². The van der Waals surface area contributed by atoms with Gasteiger partial charge in [-0.3, -0.25) is 4.79 Å². The van der Waals surface area contributed by atoms with E-state index in [1.54, 1.807) is 7.11 Å². The van der Waals surface area contributed by atoms with Crippen LogP contribution in [-0.2, 0) is 15.1 Å². The molecule has 4 atom stereocenters. The van der Waals surface area contributed by atoms with Crippen molar-refractivity contribution in [2.45, 2.75) is 63.0 Å². The zero-order chi connectivity index (χ0) is 24.0. The monoisotopic (exact) mass is 464 g/mol. The Morgan fingerprint density at radius 1 is 1.09 bits per heavy atom. The first-order valence-electron chi connectivity index (χ1n) is 12.9. The molecule has 34 heavy (non-hydrogen) atoms. The lowest BCUT2D eigenvalue weighted by Gasteiger charge is -2.44. The van der Waals surface area contributed by atoms with Crippen LogP contribution in [0.25, 0.3) is 11.1 Å². The largest absolute Gasteiger partial charge is 0.385 e. The quantitative estimate of drug-likeness (QED) is 0.527. The molecule has 2 aromatic rings. The molecule has 5 nitrogen and oxygen atoms in total. The molecule has 3 N–H and O–H groups in total. The van der Waals surface area contributed by atoms with Gasteiger partial charge < -0.3 is 20.5 Å². The molecule has 1 amide bonds. The highest BCUT2D eigenvalue weighted by molar-refractivity contribution is 5.79. The van der Waals surface area contributed by atoms with E-state index in [4.69, 9.17) is 10.5 Å². The van der Waals surface area contributed by atoms with Crippen LogP contribution in [0, 0.1) is 11.8 Å². The summed E-state index contributed by atoms with van der Waals surface area (Å²) >= 11 is 0. The fourth-order valence-corrected chi connectivity index (χ4v) is 6.00. The lowest BCUT2D eigenvalue weighted by Crippen LogP contribution is -2.49. The van der Waals surface area contributed by atoms with Crippen molar-refractivity contribution in [3.8, 4) is 11.1 Å². The second kappa shape index (κ2) is 11.5. The first-order chi connectivity index (χ1) is 16.5. The Morgan fingerprint density at radius 3 is 2.59 bits per heavy atom. The van der Waals surface area contributed by atoms with E-state index in [0.717, 1.165) is 68.2 Å². The van der Waals surface area contributed by atoms with E-state index in [0.29, 0.717) is 19.6 Å². The number of methoxy groups -OCH3 is 1. The standard InChI is InChI=1S/C29H40N2O3/c1-34-19-8-7-17-29(33,27-14-6-5-13-26(27)22-10-3-2-4-11-22)24-12-9-18-31(21-24)28(32)23-15-16-25(30)20-23/h2-6,10-11,13-14,23-25,33H,7-9,12,15-21,30H2,1H3/t23-,24-,25+,29+/m1/s1. The van der Waals surface area contributed by atoms with Crippen LogP contribution in [0.5, 0.6) is 0 Å². The number of likely N-dealkylation sites (tertiary alicyclic amines) is 1. The first-order valence-corrected chi connectivity index (χ1v) is 12.9. The highest BCUT2D eigenvalue weighted by Gasteiger charge is 2.43. The van der Waals surface area contributed by atoms with Crippen molar-refractivity contribution in [1.29, 1.82) is 0 Å². The van der Waals surface area contributed by atoms with Crippen LogP contribution in [0.1, 0.15) is 56.9 Å². The third-order valence-corrected chi connectivity index (χ3v) is 7.87. The Hall–Kier alpha value is -2.21. The second-order valence-corrected chi connectivity index (χ2v) is 10.2. The van der Waals surface area contributed by atoms with Gasteiger partial charge in [-0.2, -0.15) is 0 Å². The molecule has 0 bridgehead atoms. The van der Waals surface area contributed by atoms with Crippen LogP contribution in [0.2, 0.25) is 0 Å². The van der Waals surface area contributed by atoms with E-state index in [9.17, 15) is 9.90 Å². The Labute approximate surface area is 204 Å². The Balaban J connectivity index is 1.63. The molecule has 1 saturated heterocycles. The molecular formula is C29H40N2O3. The summed E-state index contributed by atoms with van der Waals surface area (Å²) in [6.45, 7) is 2.07. The molecule has 2 aliphatic rings. The minimum absolute atomic E-state index is 0.00677. The number of carbonyl (C=O) groups excluding carboxylic acids is 1. The van der Waals surface area contributed by atoms with Gasteiger partial charge in [-0.05, 0) is 68.1 Å². The molecule has 5 heteroatoms. The third-order valence-electron chi connectivity index (χ3n) is 7.87. The van der Waals surface area contributed by atoms with Gasteiger partial charge in [0.1, 0.15) is 0 Å². The Kier molecular flexibility index (Phi) is 8.41. The molecule has 0 unspecified atom stereocenters. The summed E-state index contributed by atoms with van der Waals surface area (Å²) in [5.41, 5.74) is 8.24. The SMILES string of the molecule is COCCCC[C@@](O)(c1ccccc1-c1ccccc1)[C@@H]1CCCN(C(=O)[C@@H]2CC[C@H](N)C2)C1. The molecular weight excluding hydrogens is 424 g/mol. The van der Waals surface area contributed by atoms with Crippen molar-refractivity contribution in [3.05, 3.63) is 60.2 Å². The normalized spacial score (nSPS) is 24.7. The lowest BCUT2D eigenvalue weighted by molar-refractivity contribution is -0.140. The molecule has 4 rings (SSSR count). The molecule has 0 spiro atoms. The van der Waals surface area contributed by atoms with Gasteiger partial charge in [-0.15, -0.1) is 0 Å². The number of nitrogens with two attached hydrogens (primary N) is 1. The maximum Gasteiger partial charge on any atom is 0.225 e. The molecule has 2 aromatic carbocycles. The first kappa shape index (κ1) is 24.9. The number of ether oxygens (including phenoxy) is 1. The van der Waals surface area contributed by atoms with Gasteiger partial charge in [-0.25, -0.2) is 0 Å². The van der Waals surface area contributed by atoms with Gasteiger partial charge in [0, 0.05) is 44.7 Å². The van der Waals surface area contributed by atoms with Crippen molar-refractivity contribution in [3.63, 3.8) is 0 Å². The van der Waals surface area contributed by atoms with E-state index in [1.807, 2.05) is 35.2 Å². The average molecular weight is 465 g/mol. The molecule has 184 valence electrons. The molecule has 1 saturated carbocycles. The highest BCUT2D eigenvalue weighted by atomic mass is 16.5. The number of aliphatic hydroxyl groups is 1. The number of benzene rings is 2. The van der Waals surface area contributed by atoms with Crippen molar-refractivity contribution >= 4 is 5.91 Å². The van der Waals surface area contributed by atoms with Gasteiger partial charge in [0.25, 0.3) is 0 Å². The summed E-state index contributed by atoms with van der Waals surface area (Å²) in [6, 6.07) is 18.7. The van der Waals surface area contributed by atoms with Gasteiger partial charge in [0.05, 0.1) is 5.60 Å². The smallest absolute Gasteiger partial charge is 0.225 e. The van der Waals surface area contributed by atoms with Crippen LogP contribution >= 0.6 is 0 Å². The van der Waals surface area contributed by atoms with E-state index < -0.39 is 5.60 Å². The number of hydrogen-bond donors (Lipinski definition) is 2. The highest BCUT2D eigenvalue weighted by Crippen LogP contribution is 2.44. The van der Waals surface area contributed by atoms with E-state index >= 15 is 0 Å². The maximum atomic E-state index is 13.3. The summed E-state index contributed by atoms with van der Waals surface area (Å²) in [5, 5.41) is 12.5. The second-order valence-electron chi connectivity index (χ2n) is 10.2. The fraction of sp³-hybridized carbons (Fsp3) is 0.552. The molecule has 1 heterocycles. The average Bonchev–Trinajstić information content (AvgIpc) is 3.33. The molecule has 1 aliphatic heterocycles. The van der Waals surface area contributed by atoms with Crippen LogP contribution in [0.3, 0.4) is 0 Å². The summed E-state index contributed by atoms with van der Waals surface area (Å²) in [5.74, 6) is 0.267. The lowest BCUT2D eigenvalue weighted by atomic mass is 9.72. The number of rotatable bonds is 9. The van der Waals surface area contributed by atoms with Crippen LogP contribution in [-0.4, -0.2) is 48.8 Å². The van der Waals surface area contributed by atoms with Crippen LogP contribution in [0.15, 0.2) is 54.6 Å². The summed E-state index contributed by atoms with van der Waals surface area (Å²) in [4.78, 5) is 15.3. The van der Waals surface area contributed by atoms with Crippen molar-refractivity contribution in [2.75, 3.05) is 26.8 Å². The molecule has 0 aromatic heterocycles. The molecule has 0 radical (unpaired) electrons. The number of piperidine rings is 1. The molecule has 2 fully saturated rings. The van der Waals surface area contributed by atoms with Crippen LogP contribution in [0.4, 0.5) is 0 Å². The van der Waals surface area contributed by atoms with Gasteiger partial charge >= 0.3 is 0 Å². The van der Waals surface area contributed by atoms with Gasteiger partial charge in [0.2, 0.25) is 5.91 Å². The van der Waals surface area contributed by atoms with Crippen molar-refractivity contribution in [1.82, 2.24) is 4.90 Å². The summed E-state index contributed by atoms with van der Waals surface area (Å²) in [6.07, 6.45) is 6.87. The summed E-state index contributed by atoms with van der Waals surface area (Å²) < 4.78 is 5.27. The van der Waals surface area contributed by atoms with Gasteiger partial charge in [-0.1, -0.05) is 54.6 Å². The predicted molar refractivity (Wildman–Crippen MR) is 136 cm³/mol. The fourth-order valence-electron chi connectivity index (χ4n) is 6.00. The topological polar surface area (TPSA) is 75.8 Å². The molecule has 1 aliphatic carbocycles. The van der Waals surface area contributed by atoms with Gasteiger partial charge in [0.15, 0.2) is 0 Å². The van der Waals surface area contributed by atoms with E-state index in [2.05, 4.69) is 24.3 Å². The minimum atomic E-state index is -1.01. The zero-order valence-electron chi connectivity index (χ0n) is 20.5. The Bertz CT molecular complexity index is 934. The van der Waals surface area contributed by atoms with E-state index in [-0.39, 0.29) is 23.8 Å². The van der Waals surface area contributed by atoms with Crippen molar-refractivity contribution < 1.29 is 14.6 Å². The minimum Gasteiger partial charge on any atom is -0.385 e. The van der Waals surface area contributed by atoms with Crippen LogP contribution < -0.4 is 5.73 Å². The van der Waals surface area contributed by atoms with E-state index in [1.165, 1.54) is 0 Å². The number of nitrogens with zero attached hydrogens (tertiary/aromatic N) is 1. The number of amides is 1.